The molecule has 2 heterocycles. The molecule has 0 fully saturated rings. The average Bonchev–Trinajstić information content (AvgIpc) is 2.90. The summed E-state index contributed by atoms with van der Waals surface area (Å²) in [6, 6.07) is 9.51. The van der Waals surface area contributed by atoms with Gasteiger partial charge in [-0.3, -0.25) is 4.68 Å². The van der Waals surface area contributed by atoms with Gasteiger partial charge in [-0.2, -0.15) is 10.4 Å². The van der Waals surface area contributed by atoms with E-state index in [1.165, 1.54) is 0 Å². The summed E-state index contributed by atoms with van der Waals surface area (Å²) in [5, 5.41) is 15.3. The van der Waals surface area contributed by atoms with E-state index < -0.39 is 0 Å². The van der Waals surface area contributed by atoms with Gasteiger partial charge in [-0.25, -0.2) is 4.39 Å². The third kappa shape index (κ3) is 2.09. The third-order valence-corrected chi connectivity index (χ3v) is 5.02. The van der Waals surface area contributed by atoms with Crippen LogP contribution in [0.1, 0.15) is 24.0 Å². The zero-order chi connectivity index (χ0) is 16.0. The molecule has 3 aromatic rings. The van der Waals surface area contributed by atoms with Crippen molar-refractivity contribution in [2.75, 3.05) is 0 Å². The van der Waals surface area contributed by atoms with Gasteiger partial charge in [0, 0.05) is 22.9 Å². The number of benzene rings is 2. The van der Waals surface area contributed by atoms with Gasteiger partial charge >= 0.3 is 0 Å². The molecule has 3 nitrogen and oxygen atoms in total. The van der Waals surface area contributed by atoms with E-state index in [9.17, 15) is 5.26 Å². The fourth-order valence-electron chi connectivity index (χ4n) is 3.41. The SMILES string of the molecule is N#Cc1c2c(c(F)c3ccccc13)CCCCn1ncc(Br)c1-2. The molecule has 23 heavy (non-hydrogen) atoms. The Hall–Kier alpha value is -2.19. The Kier molecular flexibility index (Phi) is 3.42. The van der Waals surface area contributed by atoms with Crippen LogP contribution in [-0.4, -0.2) is 9.78 Å². The highest BCUT2D eigenvalue weighted by Crippen LogP contribution is 2.40. The number of aryl methyl sites for hydroxylation is 1. The zero-order valence-electron chi connectivity index (χ0n) is 12.3. The molecule has 0 spiro atoms. The normalized spacial score (nSPS) is 13.8. The van der Waals surface area contributed by atoms with Gasteiger partial charge in [0.1, 0.15) is 11.9 Å². The molecule has 1 aliphatic heterocycles. The molecule has 0 atom stereocenters. The Morgan fingerprint density at radius 2 is 2.00 bits per heavy atom. The molecule has 0 amide bonds. The Morgan fingerprint density at radius 3 is 2.78 bits per heavy atom. The van der Waals surface area contributed by atoms with Gasteiger partial charge in [0.15, 0.2) is 0 Å². The van der Waals surface area contributed by atoms with E-state index in [0.717, 1.165) is 29.6 Å². The van der Waals surface area contributed by atoms with Crippen LogP contribution in [0.25, 0.3) is 22.0 Å². The molecular weight excluding hydrogens is 357 g/mol. The second kappa shape index (κ2) is 5.47. The van der Waals surface area contributed by atoms with Crippen molar-refractivity contribution in [1.82, 2.24) is 9.78 Å². The van der Waals surface area contributed by atoms with Crippen molar-refractivity contribution in [3.8, 4) is 17.3 Å². The number of hydrogen-bond donors (Lipinski definition) is 0. The molecule has 0 bridgehead atoms. The Bertz CT molecular complexity index is 969. The molecule has 0 saturated heterocycles. The van der Waals surface area contributed by atoms with Crippen LogP contribution in [0.5, 0.6) is 0 Å². The van der Waals surface area contributed by atoms with Crippen molar-refractivity contribution in [2.45, 2.75) is 25.8 Å². The number of aromatic nitrogens is 2. The first-order valence-electron chi connectivity index (χ1n) is 7.57. The lowest BCUT2D eigenvalue weighted by molar-refractivity contribution is 0.543. The van der Waals surface area contributed by atoms with Crippen LogP contribution in [0.3, 0.4) is 0 Å². The van der Waals surface area contributed by atoms with Crippen molar-refractivity contribution in [2.24, 2.45) is 0 Å². The fourth-order valence-corrected chi connectivity index (χ4v) is 3.90. The number of nitrogens with zero attached hydrogens (tertiary/aromatic N) is 3. The van der Waals surface area contributed by atoms with Crippen molar-refractivity contribution in [3.05, 3.63) is 51.9 Å². The van der Waals surface area contributed by atoms with E-state index in [4.69, 9.17) is 0 Å². The lowest BCUT2D eigenvalue weighted by Gasteiger charge is -2.20. The van der Waals surface area contributed by atoms with Crippen molar-refractivity contribution in [3.63, 3.8) is 0 Å². The van der Waals surface area contributed by atoms with Gasteiger partial charge in [-0.05, 0) is 40.8 Å². The maximum Gasteiger partial charge on any atom is 0.134 e. The second-order valence-corrected chi connectivity index (χ2v) is 6.58. The van der Waals surface area contributed by atoms with E-state index in [1.807, 2.05) is 22.9 Å². The minimum atomic E-state index is -0.212. The van der Waals surface area contributed by atoms with Gasteiger partial charge in [-0.15, -0.1) is 0 Å². The number of fused-ring (bicyclic) bond motifs is 4. The number of halogens is 2. The first-order chi connectivity index (χ1) is 11.2. The molecule has 114 valence electrons. The van der Waals surface area contributed by atoms with Gasteiger partial charge in [0.05, 0.1) is 21.9 Å². The highest BCUT2D eigenvalue weighted by molar-refractivity contribution is 9.10. The van der Waals surface area contributed by atoms with Crippen LogP contribution in [0.15, 0.2) is 34.9 Å². The first kappa shape index (κ1) is 14.4. The summed E-state index contributed by atoms with van der Waals surface area (Å²) >= 11 is 3.52. The van der Waals surface area contributed by atoms with Crippen molar-refractivity contribution in [1.29, 1.82) is 5.26 Å². The summed E-state index contributed by atoms with van der Waals surface area (Å²) in [6.07, 6.45) is 4.18. The van der Waals surface area contributed by atoms with Gasteiger partial charge in [0.2, 0.25) is 0 Å². The number of nitriles is 1. The van der Waals surface area contributed by atoms with E-state index in [2.05, 4.69) is 27.1 Å². The predicted molar refractivity (Wildman–Crippen MR) is 90.5 cm³/mol. The zero-order valence-corrected chi connectivity index (χ0v) is 13.9. The van der Waals surface area contributed by atoms with E-state index in [-0.39, 0.29) is 5.82 Å². The van der Waals surface area contributed by atoms with Crippen LogP contribution in [0.2, 0.25) is 0 Å². The lowest BCUT2D eigenvalue weighted by atomic mass is 9.89. The Balaban J connectivity index is 2.22. The summed E-state index contributed by atoms with van der Waals surface area (Å²) in [5.74, 6) is -0.212. The highest BCUT2D eigenvalue weighted by Gasteiger charge is 2.26. The first-order valence-corrected chi connectivity index (χ1v) is 8.36. The molecule has 0 aliphatic carbocycles. The topological polar surface area (TPSA) is 41.6 Å². The molecule has 4 rings (SSSR count). The summed E-state index contributed by atoms with van der Waals surface area (Å²) in [4.78, 5) is 0. The second-order valence-electron chi connectivity index (χ2n) is 5.72. The predicted octanol–water partition coefficient (Wildman–Crippen LogP) is 4.81. The maximum atomic E-state index is 15.2. The van der Waals surface area contributed by atoms with E-state index >= 15 is 4.39 Å². The van der Waals surface area contributed by atoms with E-state index in [1.54, 1.807) is 12.3 Å². The standard InChI is InChI=1S/C18H13BrFN3/c19-15-10-22-23-8-4-3-7-13-16(18(15)23)14(9-21)11-5-1-2-6-12(11)17(13)20/h1-2,5-6,10H,3-4,7-8H2. The summed E-state index contributed by atoms with van der Waals surface area (Å²) < 4.78 is 17.8. The van der Waals surface area contributed by atoms with Crippen LogP contribution in [0, 0.1) is 17.1 Å². The molecule has 1 aromatic heterocycles. The van der Waals surface area contributed by atoms with Gasteiger partial charge < -0.3 is 0 Å². The summed E-state index contributed by atoms with van der Waals surface area (Å²) in [5.41, 5.74) is 2.65. The molecule has 0 unspecified atom stereocenters. The quantitative estimate of drug-likeness (QED) is 0.570. The molecule has 0 saturated carbocycles. The van der Waals surface area contributed by atoms with Crippen LogP contribution >= 0.6 is 15.9 Å². The molecule has 0 radical (unpaired) electrons. The van der Waals surface area contributed by atoms with Crippen molar-refractivity contribution < 1.29 is 4.39 Å². The molecule has 0 N–H and O–H groups in total. The maximum absolute atomic E-state index is 15.2. The Morgan fingerprint density at radius 1 is 1.22 bits per heavy atom. The number of hydrogen-bond acceptors (Lipinski definition) is 2. The van der Waals surface area contributed by atoms with Crippen molar-refractivity contribution >= 4 is 26.7 Å². The number of rotatable bonds is 0. The fraction of sp³-hybridized carbons (Fsp3) is 0.222. The van der Waals surface area contributed by atoms with Crippen LogP contribution < -0.4 is 0 Å². The van der Waals surface area contributed by atoms with Gasteiger partial charge in [-0.1, -0.05) is 24.3 Å². The molecule has 1 aliphatic rings. The monoisotopic (exact) mass is 369 g/mol. The minimum absolute atomic E-state index is 0.212. The molecule has 5 heteroatoms. The average molecular weight is 370 g/mol. The van der Waals surface area contributed by atoms with Crippen LogP contribution in [-0.2, 0) is 13.0 Å². The minimum Gasteiger partial charge on any atom is -0.264 e. The lowest BCUT2D eigenvalue weighted by Crippen LogP contribution is -2.11. The van der Waals surface area contributed by atoms with Gasteiger partial charge in [0.25, 0.3) is 0 Å². The smallest absolute Gasteiger partial charge is 0.134 e. The van der Waals surface area contributed by atoms with E-state index in [0.29, 0.717) is 33.9 Å². The third-order valence-electron chi connectivity index (χ3n) is 4.44. The molecule has 2 aromatic carbocycles. The summed E-state index contributed by atoms with van der Waals surface area (Å²) in [7, 11) is 0. The molecular formula is C18H13BrFN3. The largest absolute Gasteiger partial charge is 0.264 e. The highest BCUT2D eigenvalue weighted by atomic mass is 79.9. The van der Waals surface area contributed by atoms with Crippen LogP contribution in [0.4, 0.5) is 4.39 Å². The summed E-state index contributed by atoms with van der Waals surface area (Å²) in [6.45, 7) is 0.777. The Labute approximate surface area is 141 Å².